The maximum absolute atomic E-state index is 13.9. The summed E-state index contributed by atoms with van der Waals surface area (Å²) in [4.78, 5) is 18.3. The first-order chi connectivity index (χ1) is 19.1. The molecule has 2 aliphatic rings. The molecule has 2 heterocycles. The molecule has 6 rings (SSSR count). The molecule has 1 aromatic heterocycles. The molecule has 39 heavy (non-hydrogen) atoms. The van der Waals surface area contributed by atoms with Gasteiger partial charge in [-0.2, -0.15) is 10.1 Å². The van der Waals surface area contributed by atoms with Crippen molar-refractivity contribution in [1.29, 1.82) is 0 Å². The van der Waals surface area contributed by atoms with Crippen LogP contribution in [0.3, 0.4) is 0 Å². The highest BCUT2D eigenvalue weighted by molar-refractivity contribution is 6.00. The first-order valence-electron chi connectivity index (χ1n) is 12.6. The van der Waals surface area contributed by atoms with E-state index >= 15 is 0 Å². The number of anilines is 1. The monoisotopic (exact) mass is 524 g/mol. The van der Waals surface area contributed by atoms with E-state index in [1.807, 2.05) is 66.7 Å². The summed E-state index contributed by atoms with van der Waals surface area (Å²) in [6.07, 6.45) is 2.45. The van der Waals surface area contributed by atoms with E-state index in [1.165, 1.54) is 6.33 Å². The largest absolute Gasteiger partial charge is 0.493 e. The van der Waals surface area contributed by atoms with E-state index in [-0.39, 0.29) is 11.7 Å². The topological polar surface area (TPSA) is 96.7 Å². The van der Waals surface area contributed by atoms with E-state index in [4.69, 9.17) is 18.9 Å². The Balaban J connectivity index is 1.38. The molecule has 2 atom stereocenters. The molecular weight excluding hydrogens is 496 g/mol. The number of rotatable bonds is 7. The van der Waals surface area contributed by atoms with Crippen molar-refractivity contribution in [2.75, 3.05) is 26.6 Å². The lowest BCUT2D eigenvalue weighted by Crippen LogP contribution is -2.33. The number of fused-ring (bicyclic) bond motifs is 1. The van der Waals surface area contributed by atoms with Crippen LogP contribution in [0.1, 0.15) is 35.9 Å². The van der Waals surface area contributed by atoms with Crippen LogP contribution in [0.4, 0.5) is 5.95 Å². The van der Waals surface area contributed by atoms with Gasteiger partial charge in [-0.25, -0.2) is 4.68 Å². The second kappa shape index (κ2) is 10.2. The first-order valence-corrected chi connectivity index (χ1v) is 12.6. The predicted octanol–water partition coefficient (Wildman–Crippen LogP) is 5.51. The summed E-state index contributed by atoms with van der Waals surface area (Å²) in [7, 11) is 4.75. The van der Waals surface area contributed by atoms with Gasteiger partial charge in [-0.15, -0.1) is 0 Å². The van der Waals surface area contributed by atoms with Gasteiger partial charge in [-0.1, -0.05) is 30.3 Å². The number of carbonyl (C=O) groups excluding carboxylic acids is 1. The molecule has 198 valence electrons. The molecule has 1 aliphatic carbocycles. The van der Waals surface area contributed by atoms with Gasteiger partial charge in [0.25, 0.3) is 0 Å². The molecule has 0 radical (unpaired) electrons. The van der Waals surface area contributed by atoms with Crippen LogP contribution in [-0.4, -0.2) is 41.9 Å². The number of hydrogen-bond donors (Lipinski definition) is 1. The Bertz CT molecular complexity index is 1540. The van der Waals surface area contributed by atoms with Crippen LogP contribution in [0, 0.1) is 0 Å². The summed E-state index contributed by atoms with van der Waals surface area (Å²) in [5.74, 6) is 3.61. The average Bonchev–Trinajstić information content (AvgIpc) is 3.44. The molecule has 0 saturated carbocycles. The lowest BCUT2D eigenvalue weighted by Gasteiger charge is -2.35. The fourth-order valence-corrected chi connectivity index (χ4v) is 5.41. The van der Waals surface area contributed by atoms with E-state index in [9.17, 15) is 4.79 Å². The predicted molar refractivity (Wildman–Crippen MR) is 145 cm³/mol. The zero-order valence-electron chi connectivity index (χ0n) is 21.9. The molecule has 9 nitrogen and oxygen atoms in total. The molecule has 0 amide bonds. The summed E-state index contributed by atoms with van der Waals surface area (Å²) < 4.78 is 24.4. The summed E-state index contributed by atoms with van der Waals surface area (Å²) in [5.41, 5.74) is 3.36. The molecule has 0 spiro atoms. The van der Waals surface area contributed by atoms with Crippen LogP contribution < -0.4 is 24.3 Å². The Kier molecular flexibility index (Phi) is 6.40. The van der Waals surface area contributed by atoms with Gasteiger partial charge < -0.3 is 24.3 Å². The lowest BCUT2D eigenvalue weighted by atomic mass is 9.77. The number of aromatic nitrogens is 3. The van der Waals surface area contributed by atoms with E-state index in [2.05, 4.69) is 15.4 Å². The molecule has 0 saturated heterocycles. The number of para-hydroxylation sites is 1. The number of nitrogens with one attached hydrogen (secondary N) is 1. The Morgan fingerprint density at radius 2 is 1.59 bits per heavy atom. The summed E-state index contributed by atoms with van der Waals surface area (Å²) in [5, 5.41) is 7.84. The molecule has 1 aliphatic heterocycles. The van der Waals surface area contributed by atoms with Gasteiger partial charge in [0, 0.05) is 17.7 Å². The number of nitrogens with zero attached hydrogens (tertiary/aromatic N) is 3. The fraction of sp³-hybridized carbons (Fsp3) is 0.233. The number of methoxy groups -OCH3 is 3. The van der Waals surface area contributed by atoms with Gasteiger partial charge in [-0.05, 0) is 59.9 Å². The number of Topliss-reactive ketones (excluding diaryl/α,β-unsaturated/α-hetero) is 1. The first kappa shape index (κ1) is 24.5. The number of carbonyl (C=O) groups is 1. The quantitative estimate of drug-likeness (QED) is 0.338. The maximum atomic E-state index is 13.9. The van der Waals surface area contributed by atoms with E-state index in [1.54, 1.807) is 26.0 Å². The third-order valence-corrected chi connectivity index (χ3v) is 7.17. The van der Waals surface area contributed by atoms with E-state index in [0.717, 1.165) is 22.6 Å². The number of ether oxygens (including phenoxy) is 4. The van der Waals surface area contributed by atoms with Gasteiger partial charge in [0.2, 0.25) is 11.7 Å². The third kappa shape index (κ3) is 4.46. The molecule has 0 unspecified atom stereocenters. The van der Waals surface area contributed by atoms with Crippen LogP contribution in [0.15, 0.2) is 84.3 Å². The Labute approximate surface area is 226 Å². The summed E-state index contributed by atoms with van der Waals surface area (Å²) in [6, 6.07) is 20.8. The van der Waals surface area contributed by atoms with Crippen LogP contribution in [0.25, 0.3) is 0 Å². The van der Waals surface area contributed by atoms with Crippen molar-refractivity contribution in [2.45, 2.75) is 24.8 Å². The Hall–Kier alpha value is -4.79. The van der Waals surface area contributed by atoms with Gasteiger partial charge in [0.15, 0.2) is 17.3 Å². The summed E-state index contributed by atoms with van der Waals surface area (Å²) in [6.45, 7) is 0. The van der Waals surface area contributed by atoms with Crippen LogP contribution in [0.2, 0.25) is 0 Å². The highest BCUT2D eigenvalue weighted by Crippen LogP contribution is 2.47. The van der Waals surface area contributed by atoms with Crippen molar-refractivity contribution in [3.8, 4) is 28.7 Å². The Morgan fingerprint density at radius 3 is 2.31 bits per heavy atom. The fourth-order valence-electron chi connectivity index (χ4n) is 5.41. The van der Waals surface area contributed by atoms with Crippen molar-refractivity contribution in [3.05, 3.63) is 95.5 Å². The molecule has 1 N–H and O–H groups in total. The smallest absolute Gasteiger partial charge is 0.226 e. The minimum atomic E-state index is -0.425. The SMILES string of the molecule is COc1cc([C@@H]2CC(=O)C3=C(C2)Nc2ncnn2[C@@H]3c2cccc(Oc3ccccc3)c2)cc(OC)c1OC. The van der Waals surface area contributed by atoms with Crippen LogP contribution >= 0.6 is 0 Å². The van der Waals surface area contributed by atoms with Crippen molar-refractivity contribution >= 4 is 11.7 Å². The van der Waals surface area contributed by atoms with Gasteiger partial charge in [-0.3, -0.25) is 4.79 Å². The summed E-state index contributed by atoms with van der Waals surface area (Å²) >= 11 is 0. The number of hydrogen-bond acceptors (Lipinski definition) is 8. The van der Waals surface area contributed by atoms with Gasteiger partial charge in [0.1, 0.15) is 23.9 Å². The maximum Gasteiger partial charge on any atom is 0.226 e. The standard InChI is InChI=1S/C30H28N4O5/c1-36-25-15-20(16-26(37-2)29(25)38-3)19-13-23-27(24(35)14-19)28(34-30(33-23)31-17-32-34)18-8-7-11-22(12-18)39-21-9-5-4-6-10-21/h4-12,15-17,19,28H,13-14H2,1-3H3,(H,31,32,33)/t19-,28+/m0/s1. The second-order valence-electron chi connectivity index (χ2n) is 9.42. The molecule has 0 bridgehead atoms. The van der Waals surface area contributed by atoms with Crippen molar-refractivity contribution in [1.82, 2.24) is 14.8 Å². The highest BCUT2D eigenvalue weighted by Gasteiger charge is 2.39. The van der Waals surface area contributed by atoms with Crippen molar-refractivity contribution in [2.24, 2.45) is 0 Å². The molecule has 3 aromatic carbocycles. The van der Waals surface area contributed by atoms with E-state index in [0.29, 0.717) is 47.4 Å². The minimum Gasteiger partial charge on any atom is -0.493 e. The average molecular weight is 525 g/mol. The van der Waals surface area contributed by atoms with Crippen molar-refractivity contribution < 1.29 is 23.7 Å². The minimum absolute atomic E-state index is 0.0445. The number of allylic oxidation sites excluding steroid dienone is 2. The van der Waals surface area contributed by atoms with Crippen molar-refractivity contribution in [3.63, 3.8) is 0 Å². The second-order valence-corrected chi connectivity index (χ2v) is 9.42. The molecule has 4 aromatic rings. The Morgan fingerprint density at radius 1 is 0.846 bits per heavy atom. The van der Waals surface area contributed by atoms with Gasteiger partial charge in [0.05, 0.1) is 21.3 Å². The lowest BCUT2D eigenvalue weighted by molar-refractivity contribution is -0.116. The molecule has 0 fully saturated rings. The number of ketones is 1. The van der Waals surface area contributed by atoms with Gasteiger partial charge >= 0.3 is 0 Å². The molecule has 9 heteroatoms. The third-order valence-electron chi connectivity index (χ3n) is 7.17. The normalized spacial score (nSPS) is 18.1. The zero-order chi connectivity index (χ0) is 26.9. The highest BCUT2D eigenvalue weighted by atomic mass is 16.5. The van der Waals surface area contributed by atoms with Crippen LogP contribution in [-0.2, 0) is 4.79 Å². The number of benzene rings is 3. The van der Waals surface area contributed by atoms with E-state index < -0.39 is 6.04 Å². The van der Waals surface area contributed by atoms with Crippen LogP contribution in [0.5, 0.6) is 28.7 Å². The zero-order valence-corrected chi connectivity index (χ0v) is 21.9. The molecular formula is C30H28N4O5.